The molecule has 0 spiro atoms. The van der Waals surface area contributed by atoms with Crippen LogP contribution in [0.2, 0.25) is 5.02 Å². The van der Waals surface area contributed by atoms with Crippen LogP contribution in [0, 0.1) is 13.8 Å². The van der Waals surface area contributed by atoms with Crippen LogP contribution < -0.4 is 14.4 Å². The fourth-order valence-corrected chi connectivity index (χ4v) is 5.79. The van der Waals surface area contributed by atoms with E-state index in [2.05, 4.69) is 5.32 Å². The van der Waals surface area contributed by atoms with E-state index in [9.17, 15) is 18.0 Å². The normalized spacial score (nSPS) is 12.1. The van der Waals surface area contributed by atoms with Gasteiger partial charge < -0.3 is 15.0 Å². The summed E-state index contributed by atoms with van der Waals surface area (Å²) in [6, 6.07) is 17.5. The number of hydrogen-bond acceptors (Lipinski definition) is 5. The number of ether oxygens (including phenoxy) is 1. The Morgan fingerprint density at radius 1 is 0.975 bits per heavy atom. The van der Waals surface area contributed by atoms with Gasteiger partial charge in [-0.2, -0.15) is 0 Å². The highest BCUT2D eigenvalue weighted by molar-refractivity contribution is 7.92. The molecule has 2 amide bonds. The lowest BCUT2D eigenvalue weighted by Gasteiger charge is -2.32. The quantitative estimate of drug-likeness (QED) is 0.338. The number of sulfonamides is 1. The topological polar surface area (TPSA) is 96.0 Å². The summed E-state index contributed by atoms with van der Waals surface area (Å²) in [5, 5.41) is 3.04. The Bertz CT molecular complexity index is 1460. The number of halogens is 1. The van der Waals surface area contributed by atoms with Crippen LogP contribution >= 0.6 is 11.6 Å². The highest BCUT2D eigenvalue weighted by Gasteiger charge is 2.33. The van der Waals surface area contributed by atoms with Gasteiger partial charge in [0.25, 0.3) is 10.0 Å². The number of aryl methyl sites for hydroxylation is 2. The maximum atomic E-state index is 14.0. The summed E-state index contributed by atoms with van der Waals surface area (Å²) in [4.78, 5) is 28.5. The van der Waals surface area contributed by atoms with E-state index in [1.165, 1.54) is 36.3 Å². The van der Waals surface area contributed by atoms with Gasteiger partial charge in [0.2, 0.25) is 11.8 Å². The number of carbonyl (C=O) groups excluding carboxylic acids is 2. The highest BCUT2D eigenvalue weighted by Crippen LogP contribution is 2.32. The van der Waals surface area contributed by atoms with Crippen molar-refractivity contribution in [2.24, 2.45) is 0 Å². The number of rotatable bonds is 11. The van der Waals surface area contributed by atoms with Crippen molar-refractivity contribution in [1.29, 1.82) is 0 Å². The zero-order valence-corrected chi connectivity index (χ0v) is 25.2. The molecule has 1 atom stereocenters. The predicted molar refractivity (Wildman–Crippen MR) is 158 cm³/mol. The molecule has 214 valence electrons. The zero-order chi connectivity index (χ0) is 29.6. The van der Waals surface area contributed by atoms with Crippen LogP contribution in [0.3, 0.4) is 0 Å². The molecule has 0 aliphatic carbocycles. The Balaban J connectivity index is 2.08. The SMILES string of the molecule is COc1ccc(N(CC(=O)N(Cc2ccccc2C)[C@@H](C)C(=O)NC(C)C)S(=O)(=O)c2ccc(C)cc2)cc1Cl. The molecule has 0 aliphatic heterocycles. The molecule has 0 aliphatic rings. The van der Waals surface area contributed by atoms with Crippen molar-refractivity contribution in [1.82, 2.24) is 10.2 Å². The number of carbonyl (C=O) groups is 2. The van der Waals surface area contributed by atoms with Crippen molar-refractivity contribution in [2.45, 2.75) is 58.1 Å². The first-order valence-electron chi connectivity index (χ1n) is 12.9. The molecule has 0 aromatic heterocycles. The average Bonchev–Trinajstić information content (AvgIpc) is 2.90. The first kappa shape index (κ1) is 31.0. The summed E-state index contributed by atoms with van der Waals surface area (Å²) < 4.78 is 34.1. The van der Waals surface area contributed by atoms with Crippen LogP contribution in [0.25, 0.3) is 0 Å². The summed E-state index contributed by atoms with van der Waals surface area (Å²) >= 11 is 6.36. The highest BCUT2D eigenvalue weighted by atomic mass is 35.5. The number of amides is 2. The predicted octanol–water partition coefficient (Wildman–Crippen LogP) is 5.10. The molecule has 10 heteroatoms. The monoisotopic (exact) mass is 585 g/mol. The van der Waals surface area contributed by atoms with Crippen LogP contribution in [0.4, 0.5) is 5.69 Å². The molecule has 0 saturated heterocycles. The molecule has 3 aromatic rings. The maximum Gasteiger partial charge on any atom is 0.264 e. The average molecular weight is 586 g/mol. The molecule has 40 heavy (non-hydrogen) atoms. The van der Waals surface area contributed by atoms with E-state index in [1.807, 2.05) is 52.0 Å². The third kappa shape index (κ3) is 7.34. The fraction of sp³-hybridized carbons (Fsp3) is 0.333. The summed E-state index contributed by atoms with van der Waals surface area (Å²) in [5.74, 6) is -0.515. The van der Waals surface area contributed by atoms with Crippen molar-refractivity contribution < 1.29 is 22.7 Å². The van der Waals surface area contributed by atoms with Gasteiger partial charge in [-0.05, 0) is 76.1 Å². The van der Waals surface area contributed by atoms with Crippen LogP contribution in [-0.4, -0.2) is 50.9 Å². The van der Waals surface area contributed by atoms with Gasteiger partial charge in [0.15, 0.2) is 0 Å². The summed E-state index contributed by atoms with van der Waals surface area (Å²) in [6.07, 6.45) is 0. The van der Waals surface area contributed by atoms with E-state index in [0.29, 0.717) is 5.75 Å². The van der Waals surface area contributed by atoms with Crippen LogP contribution in [0.15, 0.2) is 71.6 Å². The Kier molecular flexibility index (Phi) is 10.2. The molecule has 0 radical (unpaired) electrons. The van der Waals surface area contributed by atoms with E-state index < -0.39 is 28.5 Å². The minimum Gasteiger partial charge on any atom is -0.495 e. The second-order valence-electron chi connectivity index (χ2n) is 9.93. The van der Waals surface area contributed by atoms with Crippen molar-refractivity contribution in [3.05, 3.63) is 88.4 Å². The van der Waals surface area contributed by atoms with Crippen LogP contribution in [-0.2, 0) is 26.2 Å². The Hall–Kier alpha value is -3.56. The Labute approximate surface area is 241 Å². The lowest BCUT2D eigenvalue weighted by molar-refractivity contribution is -0.139. The van der Waals surface area contributed by atoms with Gasteiger partial charge in [-0.25, -0.2) is 8.42 Å². The molecule has 8 nitrogen and oxygen atoms in total. The van der Waals surface area contributed by atoms with Crippen molar-refractivity contribution in [3.8, 4) is 5.75 Å². The van der Waals surface area contributed by atoms with E-state index in [4.69, 9.17) is 16.3 Å². The van der Waals surface area contributed by atoms with Crippen molar-refractivity contribution in [3.63, 3.8) is 0 Å². The third-order valence-corrected chi connectivity index (χ3v) is 8.59. The molecular formula is C30H36ClN3O5S. The molecule has 3 rings (SSSR count). The zero-order valence-electron chi connectivity index (χ0n) is 23.6. The van der Waals surface area contributed by atoms with E-state index >= 15 is 0 Å². The molecule has 0 unspecified atom stereocenters. The molecule has 0 bridgehead atoms. The van der Waals surface area contributed by atoms with Gasteiger partial charge in [0.1, 0.15) is 18.3 Å². The molecule has 0 fully saturated rings. The lowest BCUT2D eigenvalue weighted by Crippen LogP contribution is -2.52. The largest absolute Gasteiger partial charge is 0.495 e. The van der Waals surface area contributed by atoms with Gasteiger partial charge in [-0.1, -0.05) is 53.6 Å². The minimum absolute atomic E-state index is 0.0221. The van der Waals surface area contributed by atoms with Gasteiger partial charge in [-0.15, -0.1) is 0 Å². The van der Waals surface area contributed by atoms with Gasteiger partial charge in [0.05, 0.1) is 22.7 Å². The summed E-state index contributed by atoms with van der Waals surface area (Å²) in [6.45, 7) is 8.65. The van der Waals surface area contributed by atoms with Crippen molar-refractivity contribution >= 4 is 39.1 Å². The first-order chi connectivity index (χ1) is 18.8. The smallest absolute Gasteiger partial charge is 0.264 e. The van der Waals surface area contributed by atoms with Crippen LogP contribution in [0.5, 0.6) is 5.75 Å². The number of methoxy groups -OCH3 is 1. The third-order valence-electron chi connectivity index (χ3n) is 6.51. The molecule has 1 N–H and O–H groups in total. The van der Waals surface area contributed by atoms with E-state index in [-0.39, 0.29) is 34.1 Å². The number of hydrogen-bond donors (Lipinski definition) is 1. The van der Waals surface area contributed by atoms with Crippen molar-refractivity contribution in [2.75, 3.05) is 18.0 Å². The minimum atomic E-state index is -4.20. The molecule has 0 heterocycles. The van der Waals surface area contributed by atoms with Crippen LogP contribution in [0.1, 0.15) is 37.5 Å². The molecule has 0 saturated carbocycles. The number of anilines is 1. The second kappa shape index (κ2) is 13.2. The van der Waals surface area contributed by atoms with Gasteiger partial charge >= 0.3 is 0 Å². The molecular weight excluding hydrogens is 550 g/mol. The Morgan fingerprint density at radius 2 is 1.62 bits per heavy atom. The van der Waals surface area contributed by atoms with Gasteiger partial charge in [0, 0.05) is 12.6 Å². The summed E-state index contributed by atoms with van der Waals surface area (Å²) in [5.41, 5.74) is 2.88. The number of nitrogens with zero attached hydrogens (tertiary/aromatic N) is 2. The lowest BCUT2D eigenvalue weighted by atomic mass is 10.1. The first-order valence-corrected chi connectivity index (χ1v) is 14.7. The fourth-order valence-electron chi connectivity index (χ4n) is 4.14. The van der Waals surface area contributed by atoms with Gasteiger partial charge in [-0.3, -0.25) is 13.9 Å². The van der Waals surface area contributed by atoms with E-state index in [1.54, 1.807) is 25.1 Å². The Morgan fingerprint density at radius 3 is 2.20 bits per heavy atom. The van der Waals surface area contributed by atoms with E-state index in [0.717, 1.165) is 21.0 Å². The standard InChI is InChI=1S/C30H36ClN3O5S/c1-20(2)32-30(36)23(5)33(18-24-10-8-7-9-22(24)4)29(35)19-34(25-13-16-28(39-6)27(31)17-25)40(37,38)26-14-11-21(3)12-15-26/h7-17,20,23H,18-19H2,1-6H3,(H,32,36)/t23-/m0/s1. The number of nitrogens with one attached hydrogen (secondary N) is 1. The summed E-state index contributed by atoms with van der Waals surface area (Å²) in [7, 11) is -2.74. The number of benzene rings is 3. The molecule has 3 aromatic carbocycles. The second-order valence-corrected chi connectivity index (χ2v) is 12.2. The maximum absolute atomic E-state index is 14.0.